The molecule has 0 amide bonds. The van der Waals surface area contributed by atoms with Crippen molar-refractivity contribution in [2.45, 2.75) is 19.9 Å². The highest BCUT2D eigenvalue weighted by molar-refractivity contribution is 5.88. The Morgan fingerprint density at radius 3 is 2.88 bits per heavy atom. The van der Waals surface area contributed by atoms with E-state index in [9.17, 15) is 14.4 Å². The monoisotopic (exact) mass is 354 g/mol. The first-order valence-corrected chi connectivity index (χ1v) is 8.76. The van der Waals surface area contributed by atoms with E-state index < -0.39 is 5.97 Å². The van der Waals surface area contributed by atoms with Crippen LogP contribution in [0.3, 0.4) is 0 Å². The van der Waals surface area contributed by atoms with Crippen molar-refractivity contribution < 1.29 is 13.9 Å². The average molecular weight is 354 g/mol. The second-order valence-electron chi connectivity index (χ2n) is 6.89. The molecule has 2 unspecified atom stereocenters. The molecule has 2 heterocycles. The van der Waals surface area contributed by atoms with E-state index in [0.717, 1.165) is 13.1 Å². The highest BCUT2D eigenvalue weighted by Crippen LogP contribution is 2.47. The van der Waals surface area contributed by atoms with Gasteiger partial charge in [-0.1, -0.05) is 0 Å². The lowest BCUT2D eigenvalue weighted by Crippen LogP contribution is -2.24. The summed E-state index contributed by atoms with van der Waals surface area (Å²) in [6.45, 7) is 3.96. The van der Waals surface area contributed by atoms with Gasteiger partial charge in [0.05, 0.1) is 36.2 Å². The van der Waals surface area contributed by atoms with Gasteiger partial charge in [0.15, 0.2) is 0 Å². The number of nitriles is 1. The number of rotatable bonds is 5. The van der Waals surface area contributed by atoms with E-state index in [-0.39, 0.29) is 12.4 Å². The molecule has 1 saturated carbocycles. The van der Waals surface area contributed by atoms with Crippen LogP contribution in [0, 0.1) is 29.0 Å². The fraction of sp³-hybridized carbons (Fsp3) is 0.421. The molecule has 1 aromatic heterocycles. The lowest BCUT2D eigenvalue weighted by Gasteiger charge is -2.22. The van der Waals surface area contributed by atoms with Crippen molar-refractivity contribution >= 4 is 11.7 Å². The molecular weight excluding hydrogens is 335 g/mol. The molecule has 6 nitrogen and oxygen atoms in total. The maximum Gasteiger partial charge on any atom is 0.341 e. The quantitative estimate of drug-likeness (QED) is 0.772. The summed E-state index contributed by atoms with van der Waals surface area (Å²) in [5, 5.41) is 13.6. The Morgan fingerprint density at radius 2 is 2.19 bits per heavy atom. The Hall–Kier alpha value is -2.88. The maximum absolute atomic E-state index is 14.7. The van der Waals surface area contributed by atoms with Crippen LogP contribution in [0.2, 0.25) is 0 Å². The fourth-order valence-electron chi connectivity index (χ4n) is 3.69. The van der Waals surface area contributed by atoms with E-state index >= 15 is 0 Å². The molecule has 2 fully saturated rings. The molecule has 0 radical (unpaired) electrons. The standard InChI is InChI=1S/C19H19FN4O2/c1-2-26-19(25)16-7-22-24(11-16)8-12-3-13(6-21)18(17(20)4-12)23-9-14-5-15(14)10-23/h3-4,7,11,14-15H,2,5,8-10H2,1H3. The first-order valence-electron chi connectivity index (χ1n) is 8.76. The van der Waals surface area contributed by atoms with Gasteiger partial charge < -0.3 is 9.64 Å². The Bertz CT molecular complexity index is 891. The number of aromatic nitrogens is 2. The molecule has 2 aromatic rings. The SMILES string of the molecule is CCOC(=O)c1cnn(Cc2cc(F)c(N3CC4CC4C3)c(C#N)c2)c1. The van der Waals surface area contributed by atoms with Crippen molar-refractivity contribution in [2.24, 2.45) is 11.8 Å². The molecule has 0 bridgehead atoms. The topological polar surface area (TPSA) is 71.2 Å². The average Bonchev–Trinajstić information content (AvgIpc) is 3.02. The van der Waals surface area contributed by atoms with E-state index in [1.807, 2.05) is 4.90 Å². The fourth-order valence-corrected chi connectivity index (χ4v) is 3.69. The molecule has 1 aliphatic heterocycles. The van der Waals surface area contributed by atoms with E-state index in [1.54, 1.807) is 19.2 Å². The second kappa shape index (κ2) is 6.45. The summed E-state index contributed by atoms with van der Waals surface area (Å²) in [5.41, 5.74) is 1.74. The number of ether oxygens (including phenoxy) is 1. The van der Waals surface area contributed by atoms with Gasteiger partial charge >= 0.3 is 5.97 Å². The van der Waals surface area contributed by atoms with Gasteiger partial charge in [-0.15, -0.1) is 0 Å². The van der Waals surface area contributed by atoms with Crippen molar-refractivity contribution in [3.05, 3.63) is 47.0 Å². The van der Waals surface area contributed by atoms with Crippen LogP contribution in [-0.4, -0.2) is 35.4 Å². The van der Waals surface area contributed by atoms with Crippen LogP contribution in [0.4, 0.5) is 10.1 Å². The van der Waals surface area contributed by atoms with Crippen LogP contribution in [0.1, 0.15) is 34.8 Å². The highest BCUT2D eigenvalue weighted by atomic mass is 19.1. The largest absolute Gasteiger partial charge is 0.462 e. The summed E-state index contributed by atoms with van der Waals surface area (Å²) >= 11 is 0. The summed E-state index contributed by atoms with van der Waals surface area (Å²) < 4.78 is 21.2. The van der Waals surface area contributed by atoms with E-state index in [4.69, 9.17) is 4.74 Å². The van der Waals surface area contributed by atoms with Crippen LogP contribution < -0.4 is 4.90 Å². The van der Waals surface area contributed by atoms with Crippen molar-refractivity contribution in [1.29, 1.82) is 5.26 Å². The number of benzene rings is 1. The number of carbonyl (C=O) groups excluding carboxylic acids is 1. The smallest absolute Gasteiger partial charge is 0.341 e. The van der Waals surface area contributed by atoms with Crippen LogP contribution in [0.5, 0.6) is 0 Å². The van der Waals surface area contributed by atoms with Gasteiger partial charge in [0.1, 0.15) is 11.9 Å². The van der Waals surface area contributed by atoms with Gasteiger partial charge in [0.2, 0.25) is 0 Å². The van der Waals surface area contributed by atoms with Crippen LogP contribution >= 0.6 is 0 Å². The minimum atomic E-state index is -0.439. The Labute approximate surface area is 150 Å². The molecule has 1 aromatic carbocycles. The Balaban J connectivity index is 1.55. The van der Waals surface area contributed by atoms with Gasteiger partial charge in [0, 0.05) is 19.3 Å². The number of hydrogen-bond acceptors (Lipinski definition) is 5. The van der Waals surface area contributed by atoms with E-state index in [0.29, 0.717) is 40.8 Å². The third kappa shape index (κ3) is 3.03. The number of halogens is 1. The first kappa shape index (κ1) is 16.6. The van der Waals surface area contributed by atoms with Gasteiger partial charge in [-0.05, 0) is 42.9 Å². The summed E-state index contributed by atoms with van der Waals surface area (Å²) in [7, 11) is 0. The Morgan fingerprint density at radius 1 is 1.42 bits per heavy atom. The highest BCUT2D eigenvalue weighted by Gasteiger charge is 2.46. The number of esters is 1. The van der Waals surface area contributed by atoms with Gasteiger partial charge in [-0.3, -0.25) is 4.68 Å². The summed E-state index contributed by atoms with van der Waals surface area (Å²) in [4.78, 5) is 13.7. The van der Waals surface area contributed by atoms with Gasteiger partial charge in [-0.2, -0.15) is 10.4 Å². The maximum atomic E-state index is 14.7. The second-order valence-corrected chi connectivity index (χ2v) is 6.89. The number of nitrogens with zero attached hydrogens (tertiary/aromatic N) is 4. The van der Waals surface area contributed by atoms with E-state index in [2.05, 4.69) is 11.2 Å². The number of hydrogen-bond donors (Lipinski definition) is 0. The summed E-state index contributed by atoms with van der Waals surface area (Å²) in [5.74, 6) is 0.501. The zero-order valence-electron chi connectivity index (χ0n) is 14.5. The molecule has 26 heavy (non-hydrogen) atoms. The lowest BCUT2D eigenvalue weighted by molar-refractivity contribution is 0.0526. The molecule has 4 rings (SSSR count). The number of piperidine rings is 1. The minimum absolute atomic E-state index is 0.274. The molecule has 1 saturated heterocycles. The van der Waals surface area contributed by atoms with Crippen LogP contribution in [-0.2, 0) is 11.3 Å². The lowest BCUT2D eigenvalue weighted by atomic mass is 10.1. The minimum Gasteiger partial charge on any atom is -0.462 e. The van der Waals surface area contributed by atoms with Crippen LogP contribution in [0.25, 0.3) is 0 Å². The third-order valence-electron chi connectivity index (χ3n) is 5.03. The number of carbonyl (C=O) groups is 1. The zero-order chi connectivity index (χ0) is 18.3. The van der Waals surface area contributed by atoms with Crippen LogP contribution in [0.15, 0.2) is 24.5 Å². The zero-order valence-corrected chi connectivity index (χ0v) is 14.5. The molecule has 2 atom stereocenters. The third-order valence-corrected chi connectivity index (χ3v) is 5.03. The van der Waals surface area contributed by atoms with Crippen molar-refractivity contribution in [3.63, 3.8) is 0 Å². The first-order chi connectivity index (χ1) is 12.6. The summed E-state index contributed by atoms with van der Waals surface area (Å²) in [6, 6.07) is 5.28. The van der Waals surface area contributed by atoms with Gasteiger partial charge in [0.25, 0.3) is 0 Å². The van der Waals surface area contributed by atoms with Crippen molar-refractivity contribution in [1.82, 2.24) is 9.78 Å². The number of anilines is 1. The number of fused-ring (bicyclic) bond motifs is 1. The van der Waals surface area contributed by atoms with E-state index in [1.165, 1.54) is 23.4 Å². The predicted octanol–water partition coefficient (Wildman–Crippen LogP) is 2.57. The van der Waals surface area contributed by atoms with Crippen molar-refractivity contribution in [2.75, 3.05) is 24.6 Å². The molecule has 134 valence electrons. The predicted molar refractivity (Wildman–Crippen MR) is 92.2 cm³/mol. The molecular formula is C19H19FN4O2. The normalized spacial score (nSPS) is 20.6. The van der Waals surface area contributed by atoms with Crippen molar-refractivity contribution in [3.8, 4) is 6.07 Å². The molecule has 0 N–H and O–H groups in total. The molecule has 1 aliphatic carbocycles. The van der Waals surface area contributed by atoms with Gasteiger partial charge in [-0.25, -0.2) is 9.18 Å². The Kier molecular flexibility index (Phi) is 4.11. The molecule has 2 aliphatic rings. The molecule has 0 spiro atoms. The summed E-state index contributed by atoms with van der Waals surface area (Å²) in [6.07, 6.45) is 4.20. The molecule has 7 heteroatoms.